The number of aromatic amines is 1. The number of hydrogen-bond donors (Lipinski definition) is 4. The van der Waals surface area contributed by atoms with Gasteiger partial charge in [0.2, 0.25) is 5.91 Å². The van der Waals surface area contributed by atoms with Crippen LogP contribution in [0.15, 0.2) is 24.5 Å². The van der Waals surface area contributed by atoms with E-state index in [0.29, 0.717) is 73.9 Å². The zero-order valence-corrected chi connectivity index (χ0v) is 27.5. The molecule has 2 saturated heterocycles. The molecule has 3 aliphatic rings. The number of carbonyl (C=O) groups is 3. The molecule has 0 bridgehead atoms. The lowest BCUT2D eigenvalue weighted by atomic mass is 9.90. The van der Waals surface area contributed by atoms with Gasteiger partial charge >= 0.3 is 5.97 Å². The fourth-order valence-corrected chi connectivity index (χ4v) is 6.50. The number of nitrogens with zero attached hydrogens (tertiary/aromatic N) is 4. The van der Waals surface area contributed by atoms with Gasteiger partial charge in [-0.05, 0) is 56.5 Å². The van der Waals surface area contributed by atoms with Gasteiger partial charge in [0.15, 0.2) is 0 Å². The molecule has 0 atom stereocenters. The molecule has 0 spiro atoms. The lowest BCUT2D eigenvalue weighted by Gasteiger charge is -2.41. The van der Waals surface area contributed by atoms with Gasteiger partial charge in [-0.1, -0.05) is 11.6 Å². The lowest BCUT2D eigenvalue weighted by molar-refractivity contribution is -0.135. The first-order valence-electron chi connectivity index (χ1n) is 15.8. The number of morpholine rings is 1. The van der Waals surface area contributed by atoms with Gasteiger partial charge in [0, 0.05) is 49.8 Å². The van der Waals surface area contributed by atoms with E-state index in [4.69, 9.17) is 21.1 Å². The first kappa shape index (κ1) is 33.5. The number of halogens is 2. The maximum Gasteiger partial charge on any atom is 0.340 e. The summed E-state index contributed by atoms with van der Waals surface area (Å²) in [7, 11) is 0. The number of hydrogen-bond acceptors (Lipinski definition) is 10. The monoisotopic (exact) mass is 681 g/mol. The Morgan fingerprint density at radius 1 is 1.21 bits per heavy atom. The smallest absolute Gasteiger partial charge is 0.340 e. The predicted octanol–water partition coefficient (Wildman–Crippen LogP) is 3.55. The Morgan fingerprint density at radius 3 is 2.67 bits per heavy atom. The maximum absolute atomic E-state index is 13.8. The highest BCUT2D eigenvalue weighted by molar-refractivity contribution is 6.35. The number of esters is 1. The van der Waals surface area contributed by atoms with Gasteiger partial charge in [0.1, 0.15) is 23.8 Å². The molecule has 4 N–H and O–H groups in total. The minimum Gasteiger partial charge on any atom is -0.462 e. The van der Waals surface area contributed by atoms with Crippen LogP contribution in [0.1, 0.15) is 52.6 Å². The number of amides is 2. The number of aliphatic hydroxyl groups is 1. The van der Waals surface area contributed by atoms with Crippen LogP contribution in [0.4, 0.5) is 21.7 Å². The van der Waals surface area contributed by atoms with E-state index in [1.165, 1.54) is 24.5 Å². The van der Waals surface area contributed by atoms with E-state index in [1.807, 2.05) is 0 Å². The number of aromatic nitrogens is 3. The standard InChI is InChI=1S/C33H37ClFN7O6/c1-3-48-32(45)27-19(2)24(39-25(27)16-26(43)42-8-6-33(46,7-9-42)17-41-10-12-47-13-11-41)15-21-28-29(36-18-37-30(28)40-31(21)44)38-20-4-5-23(35)22(34)14-20/h4-5,14-15,18,39,46H,3,6-13,16-17H2,1-2H3,(H2,36,37,38,40,44)/b21-15-. The van der Waals surface area contributed by atoms with Crippen LogP contribution in [0.3, 0.4) is 0 Å². The number of ether oxygens (including phenoxy) is 2. The number of rotatable bonds is 9. The largest absolute Gasteiger partial charge is 0.462 e. The van der Waals surface area contributed by atoms with Crippen LogP contribution in [-0.4, -0.2) is 106 Å². The fourth-order valence-electron chi connectivity index (χ4n) is 6.32. The average molecular weight is 682 g/mol. The summed E-state index contributed by atoms with van der Waals surface area (Å²) < 4.78 is 24.5. The van der Waals surface area contributed by atoms with E-state index in [1.54, 1.807) is 24.8 Å². The van der Waals surface area contributed by atoms with Gasteiger partial charge in [0.25, 0.3) is 5.91 Å². The number of H-pyrrole nitrogens is 1. The van der Waals surface area contributed by atoms with Crippen molar-refractivity contribution in [1.82, 2.24) is 24.8 Å². The second-order valence-corrected chi connectivity index (χ2v) is 12.5. The van der Waals surface area contributed by atoms with Gasteiger partial charge in [-0.25, -0.2) is 19.2 Å². The summed E-state index contributed by atoms with van der Waals surface area (Å²) in [6, 6.07) is 4.10. The fraction of sp³-hybridized carbons (Fsp3) is 0.424. The normalized spacial score (nSPS) is 18.5. The zero-order chi connectivity index (χ0) is 34.0. The number of piperidine rings is 1. The molecule has 13 nitrogen and oxygen atoms in total. The minimum atomic E-state index is -0.884. The molecule has 15 heteroatoms. The van der Waals surface area contributed by atoms with E-state index >= 15 is 0 Å². The molecular weight excluding hydrogens is 645 g/mol. The Balaban J connectivity index is 1.25. The van der Waals surface area contributed by atoms with Crippen molar-refractivity contribution in [3.05, 3.63) is 63.4 Å². The average Bonchev–Trinajstić information content (AvgIpc) is 3.54. The van der Waals surface area contributed by atoms with E-state index < -0.39 is 23.3 Å². The number of benzene rings is 1. The third kappa shape index (κ3) is 7.06. The van der Waals surface area contributed by atoms with Gasteiger partial charge in [-0.2, -0.15) is 0 Å². The first-order valence-corrected chi connectivity index (χ1v) is 16.2. The molecule has 0 unspecified atom stereocenters. The molecule has 3 aromatic rings. The van der Waals surface area contributed by atoms with Crippen molar-refractivity contribution < 1.29 is 33.4 Å². The molecule has 254 valence electrons. The molecule has 0 radical (unpaired) electrons. The molecule has 2 fully saturated rings. The maximum atomic E-state index is 13.8. The first-order chi connectivity index (χ1) is 23.0. The van der Waals surface area contributed by atoms with Crippen molar-refractivity contribution in [2.24, 2.45) is 0 Å². The Morgan fingerprint density at radius 2 is 1.96 bits per heavy atom. The lowest BCUT2D eigenvalue weighted by Crippen LogP contribution is -2.54. The van der Waals surface area contributed by atoms with Crippen LogP contribution in [0, 0.1) is 12.7 Å². The molecule has 5 heterocycles. The third-order valence-electron chi connectivity index (χ3n) is 8.91. The van der Waals surface area contributed by atoms with Crippen molar-refractivity contribution in [2.45, 2.75) is 38.7 Å². The molecule has 2 amide bonds. The summed E-state index contributed by atoms with van der Waals surface area (Å²) >= 11 is 5.96. The number of fused-ring (bicyclic) bond motifs is 1. The molecule has 2 aromatic heterocycles. The highest BCUT2D eigenvalue weighted by atomic mass is 35.5. The summed E-state index contributed by atoms with van der Waals surface area (Å²) in [5.41, 5.74) is 1.64. The van der Waals surface area contributed by atoms with Gasteiger partial charge in [-0.15, -0.1) is 0 Å². The molecule has 3 aliphatic heterocycles. The van der Waals surface area contributed by atoms with Crippen LogP contribution in [0.2, 0.25) is 5.02 Å². The summed E-state index contributed by atoms with van der Waals surface area (Å²) in [6.45, 7) is 7.69. The Hall–Kier alpha value is -4.37. The molecule has 6 rings (SSSR count). The summed E-state index contributed by atoms with van der Waals surface area (Å²) in [4.78, 5) is 55.5. The van der Waals surface area contributed by atoms with Crippen LogP contribution in [0.25, 0.3) is 11.6 Å². The Kier molecular flexibility index (Phi) is 9.78. The van der Waals surface area contributed by atoms with Crippen LogP contribution in [-0.2, 0) is 25.5 Å². The number of carbonyl (C=O) groups excluding carboxylic acids is 3. The molecule has 0 saturated carbocycles. The number of nitrogens with one attached hydrogen (secondary N) is 3. The van der Waals surface area contributed by atoms with Crippen molar-refractivity contribution in [3.8, 4) is 0 Å². The Bertz CT molecular complexity index is 1760. The van der Waals surface area contributed by atoms with Gasteiger partial charge < -0.3 is 35.1 Å². The molecule has 1 aromatic carbocycles. The zero-order valence-electron chi connectivity index (χ0n) is 26.7. The predicted molar refractivity (Wildman–Crippen MR) is 176 cm³/mol. The molecule has 0 aliphatic carbocycles. The summed E-state index contributed by atoms with van der Waals surface area (Å²) in [5, 5.41) is 16.9. The van der Waals surface area contributed by atoms with Crippen molar-refractivity contribution in [3.63, 3.8) is 0 Å². The summed E-state index contributed by atoms with van der Waals surface area (Å²) in [6.07, 6.45) is 3.64. The van der Waals surface area contributed by atoms with E-state index in [9.17, 15) is 23.9 Å². The van der Waals surface area contributed by atoms with Crippen molar-refractivity contribution in [2.75, 3.05) is 63.2 Å². The molecular formula is C33H37ClFN7O6. The highest BCUT2D eigenvalue weighted by Gasteiger charge is 2.37. The topological polar surface area (TPSA) is 162 Å². The third-order valence-corrected chi connectivity index (χ3v) is 9.20. The number of anilines is 3. The van der Waals surface area contributed by atoms with Gasteiger partial charge in [-0.3, -0.25) is 14.5 Å². The summed E-state index contributed by atoms with van der Waals surface area (Å²) in [5.74, 6) is -1.28. The van der Waals surface area contributed by atoms with E-state index in [0.717, 1.165) is 13.1 Å². The highest BCUT2D eigenvalue weighted by Crippen LogP contribution is 2.38. The number of likely N-dealkylation sites (tertiary alicyclic amines) is 1. The van der Waals surface area contributed by atoms with Crippen LogP contribution >= 0.6 is 11.6 Å². The number of β-amino-alcohol motifs (C(OH)–C–C–N with tert-alkyl or cyclic N) is 1. The van der Waals surface area contributed by atoms with Gasteiger partial charge in [0.05, 0.1) is 53.6 Å². The van der Waals surface area contributed by atoms with Crippen LogP contribution < -0.4 is 10.6 Å². The van der Waals surface area contributed by atoms with Crippen molar-refractivity contribution in [1.29, 1.82) is 0 Å². The van der Waals surface area contributed by atoms with Crippen LogP contribution in [0.5, 0.6) is 0 Å². The second kappa shape index (κ2) is 14.0. The quantitative estimate of drug-likeness (QED) is 0.194. The minimum absolute atomic E-state index is 0.0838. The molecule has 48 heavy (non-hydrogen) atoms. The SMILES string of the molecule is CCOC(=O)c1c(CC(=O)N2CCC(O)(CN3CCOCC3)CC2)[nH]c(/C=C2\C(=O)Nc3ncnc(Nc4ccc(F)c(Cl)c4)c32)c1C. The van der Waals surface area contributed by atoms with E-state index in [2.05, 4.69) is 30.5 Å². The second-order valence-electron chi connectivity index (χ2n) is 12.1. The van der Waals surface area contributed by atoms with E-state index in [-0.39, 0.29) is 46.7 Å². The van der Waals surface area contributed by atoms with Crippen molar-refractivity contribution >= 4 is 58.4 Å². The Labute approximate surface area is 281 Å².